The van der Waals surface area contributed by atoms with Crippen molar-refractivity contribution in [3.8, 4) is 0 Å². The van der Waals surface area contributed by atoms with E-state index in [2.05, 4.69) is 5.32 Å². The molecule has 5 N–H and O–H groups in total. The molecule has 0 aliphatic carbocycles. The largest absolute Gasteiger partial charge is 0.428 e. The molecular weight excluding hydrogens is 283 g/mol. The fourth-order valence-corrected chi connectivity index (χ4v) is 2.46. The van der Waals surface area contributed by atoms with Crippen molar-refractivity contribution in [2.75, 3.05) is 14.2 Å². The second kappa shape index (κ2) is 6.64. The Kier molecular flexibility index (Phi) is 5.71. The maximum Gasteiger partial charge on any atom is 0.428 e. The molecule has 3 unspecified atom stereocenters. The van der Waals surface area contributed by atoms with Crippen molar-refractivity contribution in [1.29, 1.82) is 0 Å². The van der Waals surface area contributed by atoms with Gasteiger partial charge in [0.1, 0.15) is 6.23 Å². The molecule has 5 nitrogen and oxygen atoms in total. The number of aliphatic hydroxyl groups excluding tert-OH is 1. The average Bonchev–Trinajstić information content (AvgIpc) is 2.79. The first-order valence-corrected chi connectivity index (χ1v) is 6.17. The van der Waals surface area contributed by atoms with E-state index in [0.717, 1.165) is 4.88 Å². The molecule has 19 heavy (non-hydrogen) atoms. The molecule has 1 aromatic rings. The molecule has 3 atom stereocenters. The summed E-state index contributed by atoms with van der Waals surface area (Å²) in [5.74, 6) is 0. The van der Waals surface area contributed by atoms with Crippen molar-refractivity contribution in [3.63, 3.8) is 0 Å². The van der Waals surface area contributed by atoms with Gasteiger partial charge in [0.05, 0.1) is 6.17 Å². The number of hydrogen-bond acceptors (Lipinski definition) is 6. The SMILES string of the molecule is CNC(OC)c1ccc(C(N)NC(O)C(F)(F)F)s1. The molecule has 0 saturated heterocycles. The quantitative estimate of drug-likeness (QED) is 0.590. The third-order valence-electron chi connectivity index (χ3n) is 2.36. The molecule has 0 bridgehead atoms. The van der Waals surface area contributed by atoms with Gasteiger partial charge in [-0.1, -0.05) is 0 Å². The second-order valence-corrected chi connectivity index (χ2v) is 4.88. The van der Waals surface area contributed by atoms with E-state index < -0.39 is 18.6 Å². The van der Waals surface area contributed by atoms with Crippen LogP contribution in [-0.4, -0.2) is 31.7 Å². The molecule has 0 fully saturated rings. The lowest BCUT2D eigenvalue weighted by Gasteiger charge is -2.20. The molecule has 1 heterocycles. The first-order chi connectivity index (χ1) is 8.79. The van der Waals surface area contributed by atoms with Gasteiger partial charge >= 0.3 is 6.18 Å². The van der Waals surface area contributed by atoms with E-state index in [1.165, 1.54) is 18.4 Å². The molecular formula is C10H16F3N3O2S. The van der Waals surface area contributed by atoms with Gasteiger partial charge < -0.3 is 15.6 Å². The van der Waals surface area contributed by atoms with Crippen LogP contribution in [0.4, 0.5) is 13.2 Å². The average molecular weight is 299 g/mol. The zero-order chi connectivity index (χ0) is 14.6. The van der Waals surface area contributed by atoms with Gasteiger partial charge in [0.15, 0.2) is 0 Å². The van der Waals surface area contributed by atoms with Crippen LogP contribution in [0.1, 0.15) is 22.1 Å². The number of rotatable bonds is 6. The van der Waals surface area contributed by atoms with E-state index in [-0.39, 0.29) is 6.23 Å². The normalized spacial score (nSPS) is 17.2. The molecule has 0 spiro atoms. The Hall–Kier alpha value is -0.710. The predicted octanol–water partition coefficient (Wildman–Crippen LogP) is 1.04. The number of halogens is 3. The first-order valence-electron chi connectivity index (χ1n) is 5.35. The van der Waals surface area contributed by atoms with Crippen LogP contribution >= 0.6 is 11.3 Å². The molecule has 0 aliphatic rings. The summed E-state index contributed by atoms with van der Waals surface area (Å²) in [7, 11) is 3.20. The molecule has 1 rings (SSSR count). The number of methoxy groups -OCH3 is 1. The van der Waals surface area contributed by atoms with Gasteiger partial charge in [0.2, 0.25) is 6.23 Å². The molecule has 0 aliphatic heterocycles. The number of nitrogens with one attached hydrogen (secondary N) is 2. The molecule has 0 radical (unpaired) electrons. The Bertz CT molecular complexity index is 396. The molecule has 1 aromatic heterocycles. The number of ether oxygens (including phenoxy) is 1. The lowest BCUT2D eigenvalue weighted by atomic mass is 10.3. The summed E-state index contributed by atoms with van der Waals surface area (Å²) in [5.41, 5.74) is 5.57. The van der Waals surface area contributed by atoms with E-state index in [4.69, 9.17) is 15.6 Å². The molecule has 9 heteroatoms. The highest BCUT2D eigenvalue weighted by Gasteiger charge is 2.39. The number of alkyl halides is 3. The van der Waals surface area contributed by atoms with Gasteiger partial charge in [-0.25, -0.2) is 0 Å². The summed E-state index contributed by atoms with van der Waals surface area (Å²) in [5, 5.41) is 13.6. The van der Waals surface area contributed by atoms with E-state index in [9.17, 15) is 13.2 Å². The number of hydrogen-bond donors (Lipinski definition) is 4. The third kappa shape index (κ3) is 4.41. The van der Waals surface area contributed by atoms with Crippen molar-refractivity contribution in [2.45, 2.75) is 24.8 Å². The third-order valence-corrected chi connectivity index (χ3v) is 3.57. The van der Waals surface area contributed by atoms with Crippen LogP contribution in [-0.2, 0) is 4.74 Å². The summed E-state index contributed by atoms with van der Waals surface area (Å²) in [6.07, 6.45) is -8.86. The van der Waals surface area contributed by atoms with E-state index in [0.29, 0.717) is 4.88 Å². The maximum absolute atomic E-state index is 12.2. The fourth-order valence-electron chi connectivity index (χ4n) is 1.40. The Balaban J connectivity index is 2.71. The topological polar surface area (TPSA) is 79.5 Å². The van der Waals surface area contributed by atoms with Crippen LogP contribution in [0.5, 0.6) is 0 Å². The van der Waals surface area contributed by atoms with Crippen molar-refractivity contribution < 1.29 is 23.0 Å². The summed E-state index contributed by atoms with van der Waals surface area (Å²) >= 11 is 1.20. The zero-order valence-corrected chi connectivity index (χ0v) is 11.2. The van der Waals surface area contributed by atoms with Crippen LogP contribution < -0.4 is 16.4 Å². The van der Waals surface area contributed by atoms with Gasteiger partial charge in [0.25, 0.3) is 0 Å². The molecule has 0 aromatic carbocycles. The molecule has 110 valence electrons. The standard InChI is InChI=1S/C10H16F3N3O2S/c1-15-8(18-2)6-4-3-5(19-6)7(14)16-9(17)10(11,12)13/h3-4,7-9,15-17H,14H2,1-2H3. The molecule has 0 amide bonds. The fraction of sp³-hybridized carbons (Fsp3) is 0.600. The van der Waals surface area contributed by atoms with Gasteiger partial charge in [0, 0.05) is 16.9 Å². The van der Waals surface area contributed by atoms with Gasteiger partial charge in [-0.2, -0.15) is 13.2 Å². The minimum absolute atomic E-state index is 0.349. The Morgan fingerprint density at radius 2 is 1.95 bits per heavy atom. The van der Waals surface area contributed by atoms with Gasteiger partial charge in [-0.15, -0.1) is 11.3 Å². The Morgan fingerprint density at radius 3 is 2.42 bits per heavy atom. The second-order valence-electron chi connectivity index (χ2n) is 3.73. The predicted molar refractivity (Wildman–Crippen MR) is 65.3 cm³/mol. The highest BCUT2D eigenvalue weighted by molar-refractivity contribution is 7.12. The lowest BCUT2D eigenvalue weighted by molar-refractivity contribution is -0.215. The van der Waals surface area contributed by atoms with Crippen LogP contribution in [0.2, 0.25) is 0 Å². The van der Waals surface area contributed by atoms with Crippen molar-refractivity contribution in [1.82, 2.24) is 10.6 Å². The Labute approximate surface area is 112 Å². The smallest absolute Gasteiger partial charge is 0.370 e. The summed E-state index contributed by atoms with van der Waals surface area (Å²) in [6.45, 7) is 0. The van der Waals surface area contributed by atoms with Crippen LogP contribution in [0.3, 0.4) is 0 Å². The van der Waals surface area contributed by atoms with Crippen molar-refractivity contribution >= 4 is 11.3 Å². The highest BCUT2D eigenvalue weighted by Crippen LogP contribution is 2.27. The van der Waals surface area contributed by atoms with Crippen molar-refractivity contribution in [2.24, 2.45) is 5.73 Å². The number of aliphatic hydroxyl groups is 1. The number of nitrogens with two attached hydrogens (primary N) is 1. The van der Waals surface area contributed by atoms with Crippen LogP contribution in [0.15, 0.2) is 12.1 Å². The summed E-state index contributed by atoms with van der Waals surface area (Å²) < 4.78 is 41.6. The van der Waals surface area contributed by atoms with Crippen LogP contribution in [0.25, 0.3) is 0 Å². The lowest BCUT2D eigenvalue weighted by Crippen LogP contribution is -2.46. The molecule has 0 saturated carbocycles. The number of thiophene rings is 1. The maximum atomic E-state index is 12.2. The zero-order valence-electron chi connectivity index (χ0n) is 10.4. The van der Waals surface area contributed by atoms with E-state index >= 15 is 0 Å². The van der Waals surface area contributed by atoms with Gasteiger partial charge in [-0.3, -0.25) is 10.6 Å². The summed E-state index contributed by atoms with van der Waals surface area (Å²) in [6, 6.07) is 3.29. The minimum atomic E-state index is -4.75. The Morgan fingerprint density at radius 1 is 1.37 bits per heavy atom. The van der Waals surface area contributed by atoms with Crippen molar-refractivity contribution in [3.05, 3.63) is 21.9 Å². The van der Waals surface area contributed by atoms with E-state index in [1.807, 2.05) is 5.32 Å². The van der Waals surface area contributed by atoms with E-state index in [1.54, 1.807) is 19.2 Å². The summed E-state index contributed by atoms with van der Waals surface area (Å²) in [4.78, 5) is 1.24. The van der Waals surface area contributed by atoms with Gasteiger partial charge in [-0.05, 0) is 19.2 Å². The highest BCUT2D eigenvalue weighted by atomic mass is 32.1. The van der Waals surface area contributed by atoms with Crippen LogP contribution in [0, 0.1) is 0 Å². The monoisotopic (exact) mass is 299 g/mol. The first kappa shape index (κ1) is 16.3. The minimum Gasteiger partial charge on any atom is -0.370 e.